The number of benzene rings is 1. The zero-order chi connectivity index (χ0) is 15.3. The van der Waals surface area contributed by atoms with Crippen molar-refractivity contribution in [2.45, 2.75) is 13.8 Å². The number of nitrogens with zero attached hydrogens (tertiary/aromatic N) is 3. The summed E-state index contributed by atoms with van der Waals surface area (Å²) < 4.78 is 0. The molecule has 7 nitrogen and oxygen atoms in total. The molecule has 1 atom stereocenters. The van der Waals surface area contributed by atoms with Gasteiger partial charge in [0, 0.05) is 19.2 Å². The molecule has 0 bridgehead atoms. The Hall–Kier alpha value is -2.62. The number of hydrogen-bond donors (Lipinski definition) is 1. The van der Waals surface area contributed by atoms with Crippen LogP contribution in [0, 0.1) is 27.4 Å². The molecule has 20 heavy (non-hydrogen) atoms. The molecule has 106 valence electrons. The zero-order valence-electron chi connectivity index (χ0n) is 11.2. The second kappa shape index (κ2) is 6.52. The van der Waals surface area contributed by atoms with E-state index in [1.165, 1.54) is 17.0 Å². The van der Waals surface area contributed by atoms with E-state index in [1.54, 1.807) is 13.8 Å². The monoisotopic (exact) mass is 277 g/mol. The Morgan fingerprint density at radius 1 is 1.60 bits per heavy atom. The molecule has 1 rings (SSSR count). The predicted octanol–water partition coefficient (Wildman–Crippen LogP) is 1.92. The highest BCUT2D eigenvalue weighted by Crippen LogP contribution is 2.30. The van der Waals surface area contributed by atoms with Crippen molar-refractivity contribution in [1.82, 2.24) is 4.90 Å². The van der Waals surface area contributed by atoms with Gasteiger partial charge in [-0.1, -0.05) is 6.07 Å². The Morgan fingerprint density at radius 2 is 2.25 bits per heavy atom. The maximum absolute atomic E-state index is 12.3. The standard InChI is InChI=1S/C13H15N3O4/c1-3-15(8-9(2)7-14)13(18)10-5-4-6-11(12(10)17)16(19)20/h4-6,9,17H,3,8H2,1-2H3. The van der Waals surface area contributed by atoms with Crippen molar-refractivity contribution in [3.8, 4) is 11.8 Å². The van der Waals surface area contributed by atoms with Crippen LogP contribution in [0.1, 0.15) is 24.2 Å². The molecule has 0 aromatic heterocycles. The molecule has 0 saturated carbocycles. The number of carbonyl (C=O) groups is 1. The lowest BCUT2D eigenvalue weighted by atomic mass is 10.1. The van der Waals surface area contributed by atoms with E-state index in [1.807, 2.05) is 6.07 Å². The van der Waals surface area contributed by atoms with Crippen LogP contribution in [-0.2, 0) is 0 Å². The third-order valence-corrected chi connectivity index (χ3v) is 2.83. The molecule has 1 aromatic carbocycles. The number of phenols is 1. The van der Waals surface area contributed by atoms with Gasteiger partial charge in [0.15, 0.2) is 0 Å². The van der Waals surface area contributed by atoms with E-state index in [0.717, 1.165) is 6.07 Å². The molecule has 0 radical (unpaired) electrons. The Balaban J connectivity index is 3.11. The third-order valence-electron chi connectivity index (χ3n) is 2.83. The lowest BCUT2D eigenvalue weighted by molar-refractivity contribution is -0.385. The van der Waals surface area contributed by atoms with Gasteiger partial charge in [0.1, 0.15) is 0 Å². The Morgan fingerprint density at radius 3 is 2.75 bits per heavy atom. The van der Waals surface area contributed by atoms with E-state index in [9.17, 15) is 20.0 Å². The SMILES string of the molecule is CCN(CC(C)C#N)C(=O)c1cccc([N+](=O)[O-])c1O. The maximum atomic E-state index is 12.3. The Kier molecular flexibility index (Phi) is 5.03. The van der Waals surface area contributed by atoms with Gasteiger partial charge in [0.05, 0.1) is 22.5 Å². The average Bonchev–Trinajstić information content (AvgIpc) is 2.43. The van der Waals surface area contributed by atoms with Crippen molar-refractivity contribution in [1.29, 1.82) is 5.26 Å². The second-order valence-corrected chi connectivity index (χ2v) is 4.30. The topological polar surface area (TPSA) is 107 Å². The number of para-hydroxylation sites is 1. The molecule has 0 fully saturated rings. The van der Waals surface area contributed by atoms with Crippen molar-refractivity contribution in [2.75, 3.05) is 13.1 Å². The van der Waals surface area contributed by atoms with E-state index in [-0.39, 0.29) is 18.0 Å². The van der Waals surface area contributed by atoms with E-state index >= 15 is 0 Å². The number of rotatable bonds is 5. The number of nitriles is 1. The number of phenolic OH excluding ortho intramolecular Hbond substituents is 1. The van der Waals surface area contributed by atoms with Crippen LogP contribution < -0.4 is 0 Å². The molecule has 1 amide bonds. The minimum atomic E-state index is -0.750. The van der Waals surface area contributed by atoms with Gasteiger partial charge >= 0.3 is 5.69 Å². The van der Waals surface area contributed by atoms with Gasteiger partial charge in [-0.2, -0.15) is 5.26 Å². The largest absolute Gasteiger partial charge is 0.502 e. The predicted molar refractivity (Wildman–Crippen MR) is 71.1 cm³/mol. The molecule has 0 aliphatic carbocycles. The summed E-state index contributed by atoms with van der Waals surface area (Å²) in [6.07, 6.45) is 0. The molecule has 0 aliphatic rings. The highest BCUT2D eigenvalue weighted by Gasteiger charge is 2.24. The number of aromatic hydroxyl groups is 1. The quantitative estimate of drug-likeness (QED) is 0.653. The minimum Gasteiger partial charge on any atom is -0.502 e. The first kappa shape index (κ1) is 15.4. The van der Waals surface area contributed by atoms with Crippen LogP contribution >= 0.6 is 0 Å². The van der Waals surface area contributed by atoms with Crippen LogP contribution in [0.25, 0.3) is 0 Å². The summed E-state index contributed by atoms with van der Waals surface area (Å²) in [5.74, 6) is -1.54. The lowest BCUT2D eigenvalue weighted by Gasteiger charge is -2.22. The minimum absolute atomic E-state index is 0.133. The molecule has 0 saturated heterocycles. The maximum Gasteiger partial charge on any atom is 0.311 e. The molecule has 0 heterocycles. The Labute approximate surface area is 116 Å². The molecular weight excluding hydrogens is 262 g/mol. The number of carbonyl (C=O) groups excluding carboxylic acids is 1. The summed E-state index contributed by atoms with van der Waals surface area (Å²) in [4.78, 5) is 23.6. The second-order valence-electron chi connectivity index (χ2n) is 4.30. The number of hydrogen-bond acceptors (Lipinski definition) is 5. The fourth-order valence-corrected chi connectivity index (χ4v) is 1.75. The van der Waals surface area contributed by atoms with E-state index in [2.05, 4.69) is 0 Å². The summed E-state index contributed by atoms with van der Waals surface area (Å²) in [7, 11) is 0. The van der Waals surface area contributed by atoms with Gasteiger partial charge in [0.2, 0.25) is 5.75 Å². The van der Waals surface area contributed by atoms with E-state index < -0.39 is 22.3 Å². The number of nitro groups is 1. The van der Waals surface area contributed by atoms with Gasteiger partial charge in [-0.15, -0.1) is 0 Å². The van der Waals surface area contributed by atoms with Gasteiger partial charge in [-0.05, 0) is 19.9 Å². The van der Waals surface area contributed by atoms with Crippen LogP contribution in [0.2, 0.25) is 0 Å². The van der Waals surface area contributed by atoms with Gasteiger partial charge in [-0.25, -0.2) is 0 Å². The van der Waals surface area contributed by atoms with Gasteiger partial charge in [0.25, 0.3) is 5.91 Å². The molecule has 0 aliphatic heterocycles. The molecule has 1 aromatic rings. The van der Waals surface area contributed by atoms with E-state index in [4.69, 9.17) is 5.26 Å². The molecule has 7 heteroatoms. The molecule has 1 N–H and O–H groups in total. The van der Waals surface area contributed by atoms with Crippen molar-refractivity contribution in [3.05, 3.63) is 33.9 Å². The molecule has 0 spiro atoms. The summed E-state index contributed by atoms with van der Waals surface area (Å²) in [6.45, 7) is 3.95. The molecular formula is C13H15N3O4. The first-order valence-corrected chi connectivity index (χ1v) is 6.07. The average molecular weight is 277 g/mol. The van der Waals surface area contributed by atoms with Gasteiger partial charge in [-0.3, -0.25) is 14.9 Å². The first-order chi connectivity index (χ1) is 9.42. The lowest BCUT2D eigenvalue weighted by Crippen LogP contribution is -2.34. The number of amides is 1. The smallest absolute Gasteiger partial charge is 0.311 e. The van der Waals surface area contributed by atoms with Crippen LogP contribution in [-0.4, -0.2) is 33.9 Å². The summed E-state index contributed by atoms with van der Waals surface area (Å²) in [6, 6.07) is 5.80. The normalized spacial score (nSPS) is 11.4. The van der Waals surface area contributed by atoms with Crippen LogP contribution in [0.15, 0.2) is 18.2 Å². The number of nitro benzene ring substituents is 1. The summed E-state index contributed by atoms with van der Waals surface area (Å²) in [5, 5.41) is 29.3. The summed E-state index contributed by atoms with van der Waals surface area (Å²) in [5.41, 5.74) is -0.647. The van der Waals surface area contributed by atoms with Crippen molar-refractivity contribution in [2.24, 2.45) is 5.92 Å². The van der Waals surface area contributed by atoms with Crippen molar-refractivity contribution >= 4 is 11.6 Å². The fraction of sp³-hybridized carbons (Fsp3) is 0.385. The van der Waals surface area contributed by atoms with Crippen LogP contribution in [0.4, 0.5) is 5.69 Å². The zero-order valence-corrected chi connectivity index (χ0v) is 11.2. The Bertz CT molecular complexity index is 565. The molecule has 1 unspecified atom stereocenters. The highest BCUT2D eigenvalue weighted by molar-refractivity contribution is 5.98. The van der Waals surface area contributed by atoms with Crippen molar-refractivity contribution < 1.29 is 14.8 Å². The highest BCUT2D eigenvalue weighted by atomic mass is 16.6. The van der Waals surface area contributed by atoms with Crippen LogP contribution in [0.5, 0.6) is 5.75 Å². The van der Waals surface area contributed by atoms with Crippen molar-refractivity contribution in [3.63, 3.8) is 0 Å². The third kappa shape index (κ3) is 3.23. The first-order valence-electron chi connectivity index (χ1n) is 6.07. The fourth-order valence-electron chi connectivity index (χ4n) is 1.75. The summed E-state index contributed by atoms with van der Waals surface area (Å²) >= 11 is 0. The van der Waals surface area contributed by atoms with Gasteiger partial charge < -0.3 is 10.0 Å². The van der Waals surface area contributed by atoms with E-state index in [0.29, 0.717) is 6.54 Å². The van der Waals surface area contributed by atoms with Crippen LogP contribution in [0.3, 0.4) is 0 Å².